The third-order valence-corrected chi connectivity index (χ3v) is 3.80. The second-order valence-electron chi connectivity index (χ2n) is 4.77. The van der Waals surface area contributed by atoms with Crippen molar-refractivity contribution in [1.29, 1.82) is 0 Å². The second-order valence-corrected chi connectivity index (χ2v) is 5.69. The van der Waals surface area contributed by atoms with Crippen LogP contribution in [0.2, 0.25) is 0 Å². The molecule has 0 saturated heterocycles. The molecule has 0 aromatic carbocycles. The number of nitrogens with zero attached hydrogens (tertiary/aromatic N) is 5. The summed E-state index contributed by atoms with van der Waals surface area (Å²) in [5.41, 5.74) is 2.53. The van der Waals surface area contributed by atoms with Crippen molar-refractivity contribution < 1.29 is 4.74 Å². The Morgan fingerprint density at radius 1 is 1.23 bits per heavy atom. The fourth-order valence-electron chi connectivity index (χ4n) is 2.04. The highest BCUT2D eigenvalue weighted by Gasteiger charge is 2.13. The van der Waals surface area contributed by atoms with Crippen LogP contribution in [0.25, 0.3) is 11.3 Å². The third kappa shape index (κ3) is 2.99. The standard InChI is InChI=1S/C15H14BrN5O/c1-10(14-4-3-12(16)7-18-14)21-9-15(19-20-21)11-5-13(22-2)8-17-6-11/h3-10H,1-2H3. The van der Waals surface area contributed by atoms with Crippen molar-refractivity contribution in [2.45, 2.75) is 13.0 Å². The summed E-state index contributed by atoms with van der Waals surface area (Å²) in [6.07, 6.45) is 7.04. The zero-order valence-corrected chi connectivity index (χ0v) is 13.7. The third-order valence-electron chi connectivity index (χ3n) is 3.33. The largest absolute Gasteiger partial charge is 0.495 e. The van der Waals surface area contributed by atoms with Crippen LogP contribution in [-0.2, 0) is 0 Å². The first-order valence-electron chi connectivity index (χ1n) is 6.70. The smallest absolute Gasteiger partial charge is 0.137 e. The van der Waals surface area contributed by atoms with Gasteiger partial charge in [-0.05, 0) is 41.1 Å². The molecule has 3 heterocycles. The van der Waals surface area contributed by atoms with E-state index in [4.69, 9.17) is 4.74 Å². The number of ether oxygens (including phenoxy) is 1. The molecule has 0 aliphatic carbocycles. The molecule has 3 rings (SSSR count). The normalized spacial score (nSPS) is 12.1. The molecule has 0 spiro atoms. The number of methoxy groups -OCH3 is 1. The van der Waals surface area contributed by atoms with Crippen LogP contribution in [0.1, 0.15) is 18.7 Å². The van der Waals surface area contributed by atoms with Crippen molar-refractivity contribution in [2.24, 2.45) is 0 Å². The number of pyridine rings is 2. The molecule has 6 nitrogen and oxygen atoms in total. The average molecular weight is 360 g/mol. The van der Waals surface area contributed by atoms with Crippen molar-refractivity contribution in [3.63, 3.8) is 0 Å². The molecule has 112 valence electrons. The van der Waals surface area contributed by atoms with Crippen LogP contribution in [0, 0.1) is 0 Å². The van der Waals surface area contributed by atoms with Gasteiger partial charge in [-0.25, -0.2) is 4.68 Å². The Bertz CT molecular complexity index is 772. The van der Waals surface area contributed by atoms with E-state index in [1.165, 1.54) is 0 Å². The van der Waals surface area contributed by atoms with Crippen molar-refractivity contribution in [1.82, 2.24) is 25.0 Å². The number of rotatable bonds is 4. The maximum Gasteiger partial charge on any atom is 0.137 e. The summed E-state index contributed by atoms with van der Waals surface area (Å²) in [7, 11) is 1.61. The topological polar surface area (TPSA) is 65.7 Å². The molecule has 1 unspecified atom stereocenters. The molecule has 0 bridgehead atoms. The van der Waals surface area contributed by atoms with Crippen LogP contribution in [0.3, 0.4) is 0 Å². The summed E-state index contributed by atoms with van der Waals surface area (Å²) in [6.45, 7) is 2.03. The lowest BCUT2D eigenvalue weighted by atomic mass is 10.2. The molecule has 0 radical (unpaired) electrons. The maximum atomic E-state index is 5.18. The molecule has 0 amide bonds. The van der Waals surface area contributed by atoms with E-state index in [0.29, 0.717) is 5.75 Å². The molecule has 3 aromatic rings. The molecule has 7 heteroatoms. The molecule has 3 aromatic heterocycles. The summed E-state index contributed by atoms with van der Waals surface area (Å²) in [5.74, 6) is 0.690. The van der Waals surface area contributed by atoms with Gasteiger partial charge in [-0.3, -0.25) is 9.97 Å². The Morgan fingerprint density at radius 2 is 2.09 bits per heavy atom. The Labute approximate surface area is 136 Å². The van der Waals surface area contributed by atoms with Gasteiger partial charge in [0.15, 0.2) is 0 Å². The van der Waals surface area contributed by atoms with E-state index < -0.39 is 0 Å². The van der Waals surface area contributed by atoms with E-state index in [-0.39, 0.29) is 6.04 Å². The highest BCUT2D eigenvalue weighted by molar-refractivity contribution is 9.10. The summed E-state index contributed by atoms with van der Waals surface area (Å²) in [5, 5.41) is 8.40. The van der Waals surface area contributed by atoms with Gasteiger partial charge in [-0.1, -0.05) is 5.21 Å². The van der Waals surface area contributed by atoms with Gasteiger partial charge >= 0.3 is 0 Å². The lowest BCUT2D eigenvalue weighted by molar-refractivity contribution is 0.413. The lowest BCUT2D eigenvalue weighted by Crippen LogP contribution is -2.09. The molecule has 0 saturated carbocycles. The molecule has 1 atom stereocenters. The second kappa shape index (κ2) is 6.23. The van der Waals surface area contributed by atoms with E-state index >= 15 is 0 Å². The average Bonchev–Trinajstić information content (AvgIpc) is 3.05. The van der Waals surface area contributed by atoms with Gasteiger partial charge in [0.2, 0.25) is 0 Å². The minimum atomic E-state index is -0.00656. The van der Waals surface area contributed by atoms with Gasteiger partial charge in [-0.15, -0.1) is 5.10 Å². The minimum Gasteiger partial charge on any atom is -0.495 e. The minimum absolute atomic E-state index is 0.00656. The highest BCUT2D eigenvalue weighted by atomic mass is 79.9. The predicted molar refractivity (Wildman–Crippen MR) is 85.6 cm³/mol. The van der Waals surface area contributed by atoms with E-state index in [0.717, 1.165) is 21.4 Å². The molecule has 0 N–H and O–H groups in total. The Kier molecular flexibility index (Phi) is 4.15. The maximum absolute atomic E-state index is 5.18. The quantitative estimate of drug-likeness (QED) is 0.715. The zero-order valence-electron chi connectivity index (χ0n) is 12.1. The predicted octanol–water partition coefficient (Wildman–Crippen LogP) is 3.12. The first kappa shape index (κ1) is 14.6. The van der Waals surface area contributed by atoms with Gasteiger partial charge in [0.1, 0.15) is 11.4 Å². The Balaban J connectivity index is 1.88. The van der Waals surface area contributed by atoms with Crippen LogP contribution in [0.15, 0.2) is 47.5 Å². The molecule has 0 aliphatic heterocycles. The first-order chi connectivity index (χ1) is 10.7. The summed E-state index contributed by atoms with van der Waals surface area (Å²) >= 11 is 3.38. The number of aromatic nitrogens is 5. The zero-order chi connectivity index (χ0) is 15.5. The van der Waals surface area contributed by atoms with Crippen molar-refractivity contribution in [2.75, 3.05) is 7.11 Å². The number of hydrogen-bond donors (Lipinski definition) is 0. The van der Waals surface area contributed by atoms with Crippen molar-refractivity contribution in [3.05, 3.63) is 53.2 Å². The first-order valence-corrected chi connectivity index (χ1v) is 7.49. The summed E-state index contributed by atoms with van der Waals surface area (Å²) in [4.78, 5) is 8.53. The molecular formula is C15H14BrN5O. The summed E-state index contributed by atoms with van der Waals surface area (Å²) < 4.78 is 7.91. The van der Waals surface area contributed by atoms with Gasteiger partial charge in [-0.2, -0.15) is 0 Å². The van der Waals surface area contributed by atoms with Crippen molar-refractivity contribution in [3.8, 4) is 17.0 Å². The van der Waals surface area contributed by atoms with Crippen LogP contribution in [-0.4, -0.2) is 32.1 Å². The van der Waals surface area contributed by atoms with Gasteiger partial charge < -0.3 is 4.74 Å². The SMILES string of the molecule is COc1cncc(-c2cn(C(C)c3ccc(Br)cn3)nn2)c1. The highest BCUT2D eigenvalue weighted by Crippen LogP contribution is 2.22. The molecule has 0 fully saturated rings. The molecular weight excluding hydrogens is 346 g/mol. The van der Waals surface area contributed by atoms with Gasteiger partial charge in [0, 0.05) is 22.4 Å². The van der Waals surface area contributed by atoms with E-state index in [2.05, 4.69) is 36.2 Å². The molecule has 0 aliphatic rings. The van der Waals surface area contributed by atoms with Crippen molar-refractivity contribution >= 4 is 15.9 Å². The lowest BCUT2D eigenvalue weighted by Gasteiger charge is -2.10. The Hall–Kier alpha value is -2.28. The van der Waals surface area contributed by atoms with Gasteiger partial charge in [0.25, 0.3) is 0 Å². The monoisotopic (exact) mass is 359 g/mol. The summed E-state index contributed by atoms with van der Waals surface area (Å²) in [6, 6.07) is 5.79. The van der Waals surface area contributed by atoms with E-state index in [1.54, 1.807) is 30.4 Å². The number of halogens is 1. The number of hydrogen-bond acceptors (Lipinski definition) is 5. The van der Waals surface area contributed by atoms with Crippen LogP contribution in [0.5, 0.6) is 5.75 Å². The van der Waals surface area contributed by atoms with Crippen LogP contribution >= 0.6 is 15.9 Å². The molecule has 22 heavy (non-hydrogen) atoms. The van der Waals surface area contributed by atoms with Crippen LogP contribution < -0.4 is 4.74 Å². The van der Waals surface area contributed by atoms with E-state index in [1.807, 2.05) is 31.3 Å². The fraction of sp³-hybridized carbons (Fsp3) is 0.200. The fourth-order valence-corrected chi connectivity index (χ4v) is 2.27. The Morgan fingerprint density at radius 3 is 2.82 bits per heavy atom. The van der Waals surface area contributed by atoms with Gasteiger partial charge in [0.05, 0.1) is 31.2 Å². The van der Waals surface area contributed by atoms with E-state index in [9.17, 15) is 0 Å². The van der Waals surface area contributed by atoms with Crippen LogP contribution in [0.4, 0.5) is 0 Å².